The summed E-state index contributed by atoms with van der Waals surface area (Å²) in [7, 11) is 0. The van der Waals surface area contributed by atoms with Gasteiger partial charge in [0.2, 0.25) is 5.91 Å². The molecule has 4 heteroatoms. The number of nitrogens with one attached hydrogen (secondary N) is 1. The molecule has 5 fully saturated rings. The van der Waals surface area contributed by atoms with E-state index in [-0.39, 0.29) is 5.41 Å². The van der Waals surface area contributed by atoms with Crippen LogP contribution in [-0.4, -0.2) is 60.5 Å². The van der Waals surface area contributed by atoms with E-state index < -0.39 is 0 Å². The number of nitrogens with zero attached hydrogens (tertiary/aromatic N) is 2. The minimum atomic E-state index is 0.217. The third-order valence-electron chi connectivity index (χ3n) is 15.5. The van der Waals surface area contributed by atoms with E-state index in [1.165, 1.54) is 75.3 Å². The Kier molecular flexibility index (Phi) is 20.0. The number of piperazine rings is 1. The molecule has 0 bridgehead atoms. The molecule has 8 atom stereocenters. The highest BCUT2D eigenvalue weighted by atomic mass is 16.2. The van der Waals surface area contributed by atoms with Gasteiger partial charge in [-0.25, -0.2) is 0 Å². The normalized spacial score (nSPS) is 33.0. The van der Waals surface area contributed by atoms with Gasteiger partial charge >= 0.3 is 0 Å². The SMILES string of the molecule is C#C.C#C.C#C.C=CC.CC.CCCC(=O)N1CCN(CCN[C@]23CCCC2[C@H]2CCC4[C@@](C)(CCC5C(C)(C)C(c6ccc(C)cc6)=CC[C@@]54C)C2CC3)CC1. The maximum Gasteiger partial charge on any atom is 0.222 e. The van der Waals surface area contributed by atoms with Crippen LogP contribution < -0.4 is 5.32 Å². The zero-order valence-electron chi connectivity index (χ0n) is 38.1. The predicted octanol–water partition coefficient (Wildman–Crippen LogP) is 11.7. The topological polar surface area (TPSA) is 35.6 Å². The number of fused-ring (bicyclic) bond motifs is 7. The van der Waals surface area contributed by atoms with E-state index in [2.05, 4.69) is 132 Å². The summed E-state index contributed by atoms with van der Waals surface area (Å²) in [4.78, 5) is 17.1. The lowest BCUT2D eigenvalue weighted by atomic mass is 9.37. The second-order valence-corrected chi connectivity index (χ2v) is 18.4. The van der Waals surface area contributed by atoms with Crippen LogP contribution in [0.15, 0.2) is 43.0 Å². The second kappa shape index (κ2) is 22.8. The second-order valence-electron chi connectivity index (χ2n) is 18.4. The van der Waals surface area contributed by atoms with Crippen LogP contribution in [0.3, 0.4) is 0 Å². The van der Waals surface area contributed by atoms with Gasteiger partial charge < -0.3 is 10.2 Å². The van der Waals surface area contributed by atoms with Crippen molar-refractivity contribution >= 4 is 11.5 Å². The maximum absolute atomic E-state index is 12.4. The van der Waals surface area contributed by atoms with Crippen molar-refractivity contribution in [3.8, 4) is 38.5 Å². The number of aryl methyl sites for hydroxylation is 1. The molecule has 7 rings (SSSR count). The highest BCUT2D eigenvalue weighted by Crippen LogP contribution is 2.72. The summed E-state index contributed by atoms with van der Waals surface area (Å²) >= 11 is 0. The maximum atomic E-state index is 12.4. The van der Waals surface area contributed by atoms with Crippen LogP contribution >= 0.6 is 0 Å². The van der Waals surface area contributed by atoms with Gasteiger partial charge in [-0.15, -0.1) is 45.1 Å². The molecular formula is C53H83N3O. The Hall–Kier alpha value is -3.23. The highest BCUT2D eigenvalue weighted by Gasteiger charge is 2.65. The van der Waals surface area contributed by atoms with Crippen molar-refractivity contribution in [3.63, 3.8) is 0 Å². The largest absolute Gasteiger partial charge is 0.340 e. The highest BCUT2D eigenvalue weighted by molar-refractivity contribution is 5.76. The summed E-state index contributed by atoms with van der Waals surface area (Å²) in [5.74, 6) is 4.65. The van der Waals surface area contributed by atoms with Gasteiger partial charge in [0.1, 0.15) is 0 Å². The molecule has 4 unspecified atom stereocenters. The number of terminal acetylenes is 3. The summed E-state index contributed by atoms with van der Waals surface area (Å²) in [6.45, 7) is 30.4. The molecule has 1 N–H and O–H groups in total. The van der Waals surface area contributed by atoms with E-state index >= 15 is 0 Å². The van der Waals surface area contributed by atoms with Crippen molar-refractivity contribution in [1.29, 1.82) is 0 Å². The lowest BCUT2D eigenvalue weighted by Gasteiger charge is -2.68. The van der Waals surface area contributed by atoms with Crippen molar-refractivity contribution in [2.45, 2.75) is 145 Å². The fourth-order valence-corrected chi connectivity index (χ4v) is 13.4. The Balaban J connectivity index is 0.000000935. The third kappa shape index (κ3) is 10.3. The molecule has 1 aromatic rings. The molecule has 0 spiro atoms. The first-order chi connectivity index (χ1) is 27.4. The van der Waals surface area contributed by atoms with Gasteiger partial charge in [-0.05, 0) is 135 Å². The van der Waals surface area contributed by atoms with Crippen molar-refractivity contribution < 1.29 is 4.79 Å². The first-order valence-corrected chi connectivity index (χ1v) is 22.5. The Morgan fingerprint density at radius 2 is 1.44 bits per heavy atom. The molecule has 4 saturated carbocycles. The van der Waals surface area contributed by atoms with Crippen LogP contribution in [0, 0.1) is 91.3 Å². The molecule has 4 nitrogen and oxygen atoms in total. The van der Waals surface area contributed by atoms with Crippen molar-refractivity contribution in [1.82, 2.24) is 15.1 Å². The van der Waals surface area contributed by atoms with Crippen LogP contribution in [0.4, 0.5) is 0 Å². The monoisotopic (exact) mass is 778 g/mol. The molecule has 1 saturated heterocycles. The number of benzene rings is 1. The third-order valence-corrected chi connectivity index (χ3v) is 15.5. The first kappa shape index (κ1) is 49.9. The molecule has 1 heterocycles. The van der Waals surface area contributed by atoms with Crippen LogP contribution in [0.5, 0.6) is 0 Å². The Labute approximate surface area is 352 Å². The lowest BCUT2D eigenvalue weighted by Crippen LogP contribution is -2.64. The predicted molar refractivity (Wildman–Crippen MR) is 248 cm³/mol. The van der Waals surface area contributed by atoms with Gasteiger partial charge in [-0.2, -0.15) is 0 Å². The first-order valence-electron chi connectivity index (χ1n) is 22.5. The number of allylic oxidation sites excluding steroid dienone is 3. The van der Waals surface area contributed by atoms with Crippen molar-refractivity contribution in [3.05, 3.63) is 54.1 Å². The minimum absolute atomic E-state index is 0.217. The molecule has 0 aromatic heterocycles. The van der Waals surface area contributed by atoms with Gasteiger partial charge in [0, 0.05) is 51.2 Å². The Bertz CT molecular complexity index is 1460. The summed E-state index contributed by atoms with van der Waals surface area (Å²) in [5.41, 5.74) is 5.91. The van der Waals surface area contributed by atoms with Gasteiger partial charge in [0.15, 0.2) is 0 Å². The molecule has 1 aliphatic heterocycles. The van der Waals surface area contributed by atoms with E-state index in [1.807, 2.05) is 20.8 Å². The molecule has 0 radical (unpaired) electrons. The van der Waals surface area contributed by atoms with Crippen LogP contribution in [0.1, 0.15) is 144 Å². The summed E-state index contributed by atoms with van der Waals surface area (Å²) in [5, 5.41) is 4.27. The average molecular weight is 778 g/mol. The number of hydrogen-bond donors (Lipinski definition) is 1. The van der Waals surface area contributed by atoms with Gasteiger partial charge in [0.05, 0.1) is 0 Å². The van der Waals surface area contributed by atoms with Crippen LogP contribution in [0.25, 0.3) is 5.57 Å². The van der Waals surface area contributed by atoms with E-state index in [0.29, 0.717) is 28.7 Å². The van der Waals surface area contributed by atoms with E-state index in [9.17, 15) is 4.79 Å². The number of amides is 1. The standard InChI is InChI=1S/C42H65N3O.C3H6.C2H6.3C2H2/c1-7-9-38(46)45-28-26-44(27-29-45)25-24-43-42-20-8-10-35(42)32-15-16-37-40(5,34(32)18-23-42)22-19-36-39(3,4)33(17-21-41(36,37)6)31-13-11-30(2)12-14-31;1-3-2;4*1-2/h11-14,17,32,34-37,43H,7-10,15-16,18-29H2,1-6H3;3H,1H2,2H3;1-2H3;3*1-2H/t32-,34?,35?,36?,37?,40-,41-,42-;;;;;/m0...../s1. The smallest absolute Gasteiger partial charge is 0.222 e. The van der Waals surface area contributed by atoms with E-state index in [4.69, 9.17) is 0 Å². The molecule has 5 aliphatic carbocycles. The van der Waals surface area contributed by atoms with Gasteiger partial charge in [-0.3, -0.25) is 9.69 Å². The van der Waals surface area contributed by atoms with E-state index in [1.54, 1.807) is 11.6 Å². The Morgan fingerprint density at radius 3 is 2.04 bits per heavy atom. The number of carbonyl (C=O) groups is 1. The molecule has 1 amide bonds. The van der Waals surface area contributed by atoms with Crippen molar-refractivity contribution in [2.75, 3.05) is 39.3 Å². The quantitative estimate of drug-likeness (QED) is 0.221. The minimum Gasteiger partial charge on any atom is -0.340 e. The fourth-order valence-electron chi connectivity index (χ4n) is 13.4. The summed E-state index contributed by atoms with van der Waals surface area (Å²) in [6, 6.07) is 9.37. The number of carbonyl (C=O) groups excluding carboxylic acids is 1. The van der Waals surface area contributed by atoms with Gasteiger partial charge in [-0.1, -0.05) is 96.9 Å². The zero-order chi connectivity index (χ0) is 43.0. The average Bonchev–Trinajstić information content (AvgIpc) is 3.66. The fraction of sp³-hybridized carbons (Fsp3) is 0.679. The summed E-state index contributed by atoms with van der Waals surface area (Å²) in [6.07, 6.45) is 44.2. The van der Waals surface area contributed by atoms with E-state index in [0.717, 1.165) is 75.3 Å². The molecule has 6 aliphatic rings. The number of hydrogen-bond acceptors (Lipinski definition) is 3. The van der Waals surface area contributed by atoms with Crippen molar-refractivity contribution in [2.24, 2.45) is 45.8 Å². The summed E-state index contributed by atoms with van der Waals surface area (Å²) < 4.78 is 0. The van der Waals surface area contributed by atoms with Crippen LogP contribution in [0.2, 0.25) is 0 Å². The molecule has 1 aromatic carbocycles. The number of rotatable bonds is 7. The lowest BCUT2D eigenvalue weighted by molar-refractivity contribution is -0.172. The molecular weight excluding hydrogens is 695 g/mol. The Morgan fingerprint density at radius 1 is 0.825 bits per heavy atom. The zero-order valence-corrected chi connectivity index (χ0v) is 38.1. The van der Waals surface area contributed by atoms with Gasteiger partial charge in [0.25, 0.3) is 0 Å². The van der Waals surface area contributed by atoms with Crippen LogP contribution in [-0.2, 0) is 4.79 Å². The molecule has 316 valence electrons. The molecule has 57 heavy (non-hydrogen) atoms.